The number of carboxylic acid groups (broad SMARTS) is 1. The number of nitrogens with two attached hydrogens (primary N) is 1. The molecule has 0 bridgehead atoms. The van der Waals surface area contributed by atoms with Gasteiger partial charge in [0, 0.05) is 24.8 Å². The number of hydrazone groups is 1. The molecule has 0 saturated carbocycles. The number of anilines is 1. The molecule has 37 heavy (non-hydrogen) atoms. The van der Waals surface area contributed by atoms with Crippen molar-refractivity contribution in [3.63, 3.8) is 0 Å². The Hall–Kier alpha value is -2.90. The van der Waals surface area contributed by atoms with E-state index in [1.807, 2.05) is 4.90 Å². The Balaban J connectivity index is 0.00000481. The highest BCUT2D eigenvalue weighted by Gasteiger charge is 2.37. The molecule has 1 atom stereocenters. The molecule has 0 amide bonds. The van der Waals surface area contributed by atoms with Crippen molar-refractivity contribution in [2.75, 3.05) is 25.0 Å². The predicted molar refractivity (Wildman–Crippen MR) is 135 cm³/mol. The Morgan fingerprint density at radius 2 is 1.92 bits per heavy atom. The average molecular weight is 585 g/mol. The topological polar surface area (TPSA) is 134 Å². The van der Waals surface area contributed by atoms with Crippen LogP contribution in [0.2, 0.25) is 5.02 Å². The van der Waals surface area contributed by atoms with Crippen molar-refractivity contribution >= 4 is 51.8 Å². The maximum atomic E-state index is 13.5. The first kappa shape index (κ1) is 30.3. The predicted octanol–water partition coefficient (Wildman–Crippen LogP) is 4.07. The number of hydrogen-bond acceptors (Lipinski definition) is 7. The minimum absolute atomic E-state index is 0. The molecule has 4 N–H and O–H groups in total. The first-order valence-electron chi connectivity index (χ1n) is 10.7. The molecule has 1 aliphatic rings. The van der Waals surface area contributed by atoms with Crippen LogP contribution in [0.1, 0.15) is 18.4 Å². The van der Waals surface area contributed by atoms with Gasteiger partial charge in [0.1, 0.15) is 12.1 Å². The summed E-state index contributed by atoms with van der Waals surface area (Å²) in [5, 5.41) is 12.7. The molecule has 0 aromatic heterocycles. The lowest BCUT2D eigenvalue weighted by Gasteiger charge is -2.30. The van der Waals surface area contributed by atoms with Gasteiger partial charge in [-0.2, -0.15) is 18.3 Å². The summed E-state index contributed by atoms with van der Waals surface area (Å²) < 4.78 is 72.2. The summed E-state index contributed by atoms with van der Waals surface area (Å²) in [6.07, 6.45) is -1.87. The SMILES string of the molecule is Cl.NN=CN1CCC(COc2cc(NC(C(=O)O)S(=O)(=O)c3ccccc3Cl)cc(C(F)(F)F)c2)CC1. The van der Waals surface area contributed by atoms with E-state index in [1.165, 1.54) is 24.5 Å². The molecule has 15 heteroatoms. The van der Waals surface area contributed by atoms with E-state index in [0.29, 0.717) is 32.0 Å². The number of carbonyl (C=O) groups is 1. The lowest BCUT2D eigenvalue weighted by molar-refractivity contribution is -0.137. The fraction of sp³-hybridized carbons (Fsp3) is 0.364. The second-order valence-electron chi connectivity index (χ2n) is 8.14. The fourth-order valence-electron chi connectivity index (χ4n) is 3.70. The Labute approximate surface area is 222 Å². The molecule has 2 aromatic rings. The normalized spacial score (nSPS) is 15.7. The number of likely N-dealkylation sites (tertiary alicyclic amines) is 1. The molecule has 0 radical (unpaired) electrons. The minimum Gasteiger partial charge on any atom is -0.493 e. The Morgan fingerprint density at radius 3 is 2.49 bits per heavy atom. The molecule has 1 heterocycles. The van der Waals surface area contributed by atoms with E-state index in [0.717, 1.165) is 18.2 Å². The number of nitrogens with zero attached hydrogens (tertiary/aromatic N) is 2. The van der Waals surface area contributed by atoms with Gasteiger partial charge in [-0.15, -0.1) is 12.4 Å². The van der Waals surface area contributed by atoms with Crippen LogP contribution in [0.3, 0.4) is 0 Å². The molecule has 2 aromatic carbocycles. The number of aliphatic carboxylic acids is 1. The summed E-state index contributed by atoms with van der Waals surface area (Å²) in [6.45, 7) is 1.43. The van der Waals surface area contributed by atoms with Crippen molar-refractivity contribution in [2.45, 2.75) is 29.3 Å². The van der Waals surface area contributed by atoms with E-state index >= 15 is 0 Å². The zero-order chi connectivity index (χ0) is 26.5. The molecule has 1 unspecified atom stereocenters. The zero-order valence-corrected chi connectivity index (χ0v) is 21.6. The van der Waals surface area contributed by atoms with Crippen LogP contribution in [0.4, 0.5) is 18.9 Å². The average Bonchev–Trinajstić information content (AvgIpc) is 2.81. The third kappa shape index (κ3) is 7.79. The molecule has 0 aliphatic carbocycles. The van der Waals surface area contributed by atoms with Crippen LogP contribution in [-0.2, 0) is 20.8 Å². The molecule has 0 spiro atoms. The highest BCUT2D eigenvalue weighted by Crippen LogP contribution is 2.35. The van der Waals surface area contributed by atoms with E-state index in [9.17, 15) is 31.5 Å². The second-order valence-corrected chi connectivity index (χ2v) is 10.5. The zero-order valence-electron chi connectivity index (χ0n) is 19.2. The summed E-state index contributed by atoms with van der Waals surface area (Å²) in [4.78, 5) is 13.3. The minimum atomic E-state index is -4.79. The van der Waals surface area contributed by atoms with Crippen LogP contribution in [0, 0.1) is 5.92 Å². The monoisotopic (exact) mass is 584 g/mol. The molecule has 1 saturated heterocycles. The van der Waals surface area contributed by atoms with Gasteiger partial charge in [-0.3, -0.25) is 0 Å². The first-order valence-corrected chi connectivity index (χ1v) is 12.6. The van der Waals surface area contributed by atoms with Gasteiger partial charge >= 0.3 is 12.1 Å². The molecular formula is C22H25Cl2F3N4O5S. The number of piperidine rings is 1. The highest BCUT2D eigenvalue weighted by molar-refractivity contribution is 7.93. The molecule has 204 valence electrons. The number of halogens is 5. The summed E-state index contributed by atoms with van der Waals surface area (Å²) in [5.41, 5.74) is -1.52. The van der Waals surface area contributed by atoms with E-state index in [1.54, 1.807) is 0 Å². The number of rotatable bonds is 9. The van der Waals surface area contributed by atoms with E-state index in [-0.39, 0.29) is 35.7 Å². The van der Waals surface area contributed by atoms with Crippen LogP contribution in [0.15, 0.2) is 52.5 Å². The maximum absolute atomic E-state index is 13.5. The Bertz CT molecular complexity index is 1220. The van der Waals surface area contributed by atoms with Gasteiger partial charge in [-0.1, -0.05) is 23.7 Å². The Morgan fingerprint density at radius 1 is 1.27 bits per heavy atom. The van der Waals surface area contributed by atoms with Gasteiger partial charge in [-0.05, 0) is 43.0 Å². The molecular weight excluding hydrogens is 560 g/mol. The van der Waals surface area contributed by atoms with Crippen molar-refractivity contribution < 1.29 is 36.2 Å². The van der Waals surface area contributed by atoms with Gasteiger partial charge in [0.2, 0.25) is 15.2 Å². The number of hydrogen-bond donors (Lipinski definition) is 3. The summed E-state index contributed by atoms with van der Waals surface area (Å²) in [7, 11) is -4.62. The number of sulfone groups is 1. The van der Waals surface area contributed by atoms with Crippen LogP contribution < -0.4 is 15.9 Å². The lowest BCUT2D eigenvalue weighted by atomic mass is 9.98. The number of nitrogens with one attached hydrogen (secondary N) is 1. The van der Waals surface area contributed by atoms with Crippen molar-refractivity contribution in [2.24, 2.45) is 16.9 Å². The summed E-state index contributed by atoms with van der Waals surface area (Å²) in [6, 6.07) is 7.70. The third-order valence-electron chi connectivity index (χ3n) is 5.57. The largest absolute Gasteiger partial charge is 0.493 e. The quantitative estimate of drug-likeness (QED) is 0.174. The summed E-state index contributed by atoms with van der Waals surface area (Å²) >= 11 is 5.93. The van der Waals surface area contributed by atoms with Crippen molar-refractivity contribution in [1.29, 1.82) is 0 Å². The first-order chi connectivity index (χ1) is 16.9. The van der Waals surface area contributed by atoms with E-state index in [2.05, 4.69) is 10.4 Å². The second kappa shape index (κ2) is 12.6. The molecule has 1 fully saturated rings. The standard InChI is InChI=1S/C22H24ClF3N4O5S.ClH/c23-18-3-1-2-4-19(18)36(33,34)20(21(31)32)29-16-9-15(22(24,25)26)10-17(11-16)35-12-14-5-7-30(8-6-14)13-28-27;/h1-4,9-11,13-14,20,29H,5-8,12,27H2,(H,31,32);1H. The molecule has 3 rings (SSSR count). The Kier molecular flexibility index (Phi) is 10.3. The lowest BCUT2D eigenvalue weighted by Crippen LogP contribution is -2.37. The maximum Gasteiger partial charge on any atom is 0.416 e. The van der Waals surface area contributed by atoms with E-state index < -0.39 is 43.5 Å². The number of alkyl halides is 3. The smallest absolute Gasteiger partial charge is 0.416 e. The molecule has 9 nitrogen and oxygen atoms in total. The number of carboxylic acids is 1. The highest BCUT2D eigenvalue weighted by atomic mass is 35.5. The van der Waals surface area contributed by atoms with Gasteiger partial charge < -0.3 is 25.9 Å². The van der Waals surface area contributed by atoms with Crippen LogP contribution in [0.5, 0.6) is 5.75 Å². The van der Waals surface area contributed by atoms with Crippen LogP contribution in [-0.4, -0.2) is 55.8 Å². The summed E-state index contributed by atoms with van der Waals surface area (Å²) in [5.74, 6) is 3.20. The van der Waals surface area contributed by atoms with Crippen molar-refractivity contribution in [3.05, 3.63) is 53.1 Å². The molecule has 1 aliphatic heterocycles. The van der Waals surface area contributed by atoms with Crippen LogP contribution >= 0.6 is 24.0 Å². The van der Waals surface area contributed by atoms with Crippen LogP contribution in [0.25, 0.3) is 0 Å². The van der Waals surface area contributed by atoms with E-state index in [4.69, 9.17) is 22.2 Å². The van der Waals surface area contributed by atoms with Gasteiger partial charge in [0.15, 0.2) is 0 Å². The number of benzene rings is 2. The third-order valence-corrected chi connectivity index (χ3v) is 7.92. The van der Waals surface area contributed by atoms with Crippen molar-refractivity contribution in [3.8, 4) is 5.75 Å². The number of ether oxygens (including phenoxy) is 1. The van der Waals surface area contributed by atoms with Crippen molar-refractivity contribution in [1.82, 2.24) is 4.90 Å². The van der Waals surface area contributed by atoms with Gasteiger partial charge in [0.25, 0.3) is 0 Å². The fourth-order valence-corrected chi connectivity index (χ4v) is 5.58. The van der Waals surface area contributed by atoms with Gasteiger partial charge in [0.05, 0.1) is 22.1 Å². The van der Waals surface area contributed by atoms with Gasteiger partial charge in [-0.25, -0.2) is 13.2 Å².